The minimum absolute atomic E-state index is 0.0343. The van der Waals surface area contributed by atoms with Gasteiger partial charge < -0.3 is 15.5 Å². The number of benzene rings is 1. The Morgan fingerprint density at radius 3 is 2.85 bits per heavy atom. The number of nitrogens with two attached hydrogens (primary N) is 1. The third-order valence-electron chi connectivity index (χ3n) is 2.95. The van der Waals surface area contributed by atoms with Crippen LogP contribution in [0.15, 0.2) is 39.4 Å². The molecule has 3 rings (SSSR count). The van der Waals surface area contributed by atoms with Crippen LogP contribution in [0.3, 0.4) is 0 Å². The minimum atomic E-state index is -0.461. The van der Waals surface area contributed by atoms with Crippen LogP contribution in [0.1, 0.15) is 29.2 Å². The van der Waals surface area contributed by atoms with Gasteiger partial charge in [-0.2, -0.15) is 0 Å². The van der Waals surface area contributed by atoms with Crippen molar-refractivity contribution in [3.8, 4) is 0 Å². The molecule has 3 N–H and O–H groups in total. The molecular formula is C13H12N4O3. The van der Waals surface area contributed by atoms with E-state index in [-0.39, 0.29) is 17.6 Å². The summed E-state index contributed by atoms with van der Waals surface area (Å²) in [5.41, 5.74) is 6.20. The molecule has 0 bridgehead atoms. The predicted octanol–water partition coefficient (Wildman–Crippen LogP) is 1.89. The predicted molar refractivity (Wildman–Crippen MR) is 70.8 cm³/mol. The number of carbonyl (C=O) groups is 1. The maximum absolute atomic E-state index is 11.9. The molecule has 0 unspecified atom stereocenters. The zero-order valence-corrected chi connectivity index (χ0v) is 10.7. The number of hydrogen-bond acceptors (Lipinski definition) is 6. The van der Waals surface area contributed by atoms with Gasteiger partial charge in [-0.15, -0.1) is 0 Å². The number of nitrogen functional groups attached to an aromatic ring is 1. The lowest BCUT2D eigenvalue weighted by molar-refractivity contribution is 0.0926. The van der Waals surface area contributed by atoms with Crippen molar-refractivity contribution in [2.75, 3.05) is 5.73 Å². The van der Waals surface area contributed by atoms with Crippen LogP contribution in [-0.4, -0.2) is 16.2 Å². The SMILES string of the molecule is C[C@@H](NC(=O)c1nonc1N)c1cc2ccccc2o1. The topological polar surface area (TPSA) is 107 Å². The van der Waals surface area contributed by atoms with E-state index in [1.807, 2.05) is 30.3 Å². The first kappa shape index (κ1) is 12.2. The summed E-state index contributed by atoms with van der Waals surface area (Å²) >= 11 is 0. The summed E-state index contributed by atoms with van der Waals surface area (Å²) in [5, 5.41) is 10.5. The fourth-order valence-corrected chi connectivity index (χ4v) is 1.90. The fourth-order valence-electron chi connectivity index (χ4n) is 1.90. The summed E-state index contributed by atoms with van der Waals surface area (Å²) in [6, 6.07) is 9.17. The van der Waals surface area contributed by atoms with Crippen molar-refractivity contribution < 1.29 is 13.8 Å². The van der Waals surface area contributed by atoms with Gasteiger partial charge in [-0.25, -0.2) is 4.63 Å². The van der Waals surface area contributed by atoms with E-state index in [9.17, 15) is 4.79 Å². The number of aromatic nitrogens is 2. The number of furan rings is 1. The van der Waals surface area contributed by atoms with Gasteiger partial charge in [0.05, 0.1) is 6.04 Å². The Hall–Kier alpha value is -2.83. The normalized spacial score (nSPS) is 12.4. The molecule has 1 atom stereocenters. The zero-order valence-electron chi connectivity index (χ0n) is 10.7. The highest BCUT2D eigenvalue weighted by molar-refractivity contribution is 5.96. The number of nitrogens with zero attached hydrogens (tertiary/aromatic N) is 2. The third kappa shape index (κ3) is 2.09. The number of nitrogens with one attached hydrogen (secondary N) is 1. The Labute approximate surface area is 113 Å². The fraction of sp³-hybridized carbons (Fsp3) is 0.154. The molecule has 1 amide bonds. The third-order valence-corrected chi connectivity index (χ3v) is 2.95. The monoisotopic (exact) mass is 272 g/mol. The van der Waals surface area contributed by atoms with E-state index >= 15 is 0 Å². The molecule has 3 aromatic rings. The first-order chi connectivity index (χ1) is 9.65. The summed E-state index contributed by atoms with van der Waals surface area (Å²) in [5.74, 6) is 0.144. The Bertz CT molecular complexity index is 729. The Kier molecular flexibility index (Phi) is 2.86. The molecule has 0 spiro atoms. The molecule has 0 saturated heterocycles. The Morgan fingerprint density at radius 1 is 1.35 bits per heavy atom. The first-order valence-corrected chi connectivity index (χ1v) is 6.02. The highest BCUT2D eigenvalue weighted by Gasteiger charge is 2.20. The van der Waals surface area contributed by atoms with Gasteiger partial charge in [0, 0.05) is 5.39 Å². The van der Waals surface area contributed by atoms with Crippen LogP contribution in [0, 0.1) is 0 Å². The van der Waals surface area contributed by atoms with E-state index < -0.39 is 5.91 Å². The highest BCUT2D eigenvalue weighted by Crippen LogP contribution is 2.23. The number of carbonyl (C=O) groups excluding carboxylic acids is 1. The summed E-state index contributed by atoms with van der Waals surface area (Å²) in [7, 11) is 0. The molecule has 1 aromatic carbocycles. The van der Waals surface area contributed by atoms with Crippen LogP contribution in [0.4, 0.5) is 5.82 Å². The van der Waals surface area contributed by atoms with Gasteiger partial charge >= 0.3 is 0 Å². The van der Waals surface area contributed by atoms with Crippen LogP contribution in [-0.2, 0) is 0 Å². The second-order valence-corrected chi connectivity index (χ2v) is 4.38. The van der Waals surface area contributed by atoms with Gasteiger partial charge in [0.25, 0.3) is 5.91 Å². The number of rotatable bonds is 3. The van der Waals surface area contributed by atoms with Crippen LogP contribution in [0.2, 0.25) is 0 Å². The lowest BCUT2D eigenvalue weighted by Crippen LogP contribution is -2.27. The molecule has 7 heteroatoms. The largest absolute Gasteiger partial charge is 0.459 e. The number of hydrogen-bond donors (Lipinski definition) is 2. The standard InChI is InChI=1S/C13H12N4O3/c1-7(15-13(18)11-12(14)17-20-16-11)10-6-8-4-2-3-5-9(8)19-10/h2-7H,1H3,(H2,14,17)(H,15,18)/t7-/m1/s1. The van der Waals surface area contributed by atoms with E-state index in [0.29, 0.717) is 5.76 Å². The lowest BCUT2D eigenvalue weighted by atomic mass is 10.2. The van der Waals surface area contributed by atoms with Gasteiger partial charge in [0.15, 0.2) is 0 Å². The van der Waals surface area contributed by atoms with E-state index in [1.54, 1.807) is 6.92 Å². The molecule has 7 nitrogen and oxygen atoms in total. The molecular weight excluding hydrogens is 260 g/mol. The van der Waals surface area contributed by atoms with Crippen molar-refractivity contribution in [3.63, 3.8) is 0 Å². The second kappa shape index (κ2) is 4.69. The van der Waals surface area contributed by atoms with E-state index in [1.165, 1.54) is 0 Å². The van der Waals surface area contributed by atoms with Crippen LogP contribution in [0.25, 0.3) is 11.0 Å². The van der Waals surface area contributed by atoms with E-state index in [4.69, 9.17) is 10.2 Å². The van der Waals surface area contributed by atoms with E-state index in [0.717, 1.165) is 11.0 Å². The number of fused-ring (bicyclic) bond motifs is 1. The van der Waals surface area contributed by atoms with Gasteiger partial charge in [-0.1, -0.05) is 18.2 Å². The summed E-state index contributed by atoms with van der Waals surface area (Å²) in [6.45, 7) is 1.80. The van der Waals surface area contributed by atoms with E-state index in [2.05, 4.69) is 20.3 Å². The van der Waals surface area contributed by atoms with Crippen molar-refractivity contribution in [3.05, 3.63) is 41.8 Å². The summed E-state index contributed by atoms with van der Waals surface area (Å²) in [6.07, 6.45) is 0. The zero-order chi connectivity index (χ0) is 14.1. The second-order valence-electron chi connectivity index (χ2n) is 4.38. The molecule has 0 aliphatic carbocycles. The van der Waals surface area contributed by atoms with Gasteiger partial charge in [-0.3, -0.25) is 4.79 Å². The van der Waals surface area contributed by atoms with Gasteiger partial charge in [0.1, 0.15) is 11.3 Å². The maximum Gasteiger partial charge on any atom is 0.278 e. The van der Waals surface area contributed by atoms with Crippen molar-refractivity contribution >= 4 is 22.7 Å². The minimum Gasteiger partial charge on any atom is -0.459 e. The number of para-hydroxylation sites is 1. The molecule has 102 valence electrons. The first-order valence-electron chi connectivity index (χ1n) is 6.02. The molecule has 20 heavy (non-hydrogen) atoms. The van der Waals surface area contributed by atoms with Crippen LogP contribution in [0.5, 0.6) is 0 Å². The molecule has 2 heterocycles. The molecule has 0 saturated carbocycles. The van der Waals surface area contributed by atoms with Crippen molar-refractivity contribution in [1.82, 2.24) is 15.6 Å². The summed E-state index contributed by atoms with van der Waals surface area (Å²) < 4.78 is 10.1. The van der Waals surface area contributed by atoms with Crippen molar-refractivity contribution in [2.24, 2.45) is 0 Å². The number of amides is 1. The molecule has 0 aliphatic heterocycles. The van der Waals surface area contributed by atoms with Gasteiger partial charge in [-0.05, 0) is 29.4 Å². The molecule has 0 aliphatic rings. The van der Waals surface area contributed by atoms with Crippen molar-refractivity contribution in [1.29, 1.82) is 0 Å². The quantitative estimate of drug-likeness (QED) is 0.753. The maximum atomic E-state index is 11.9. The highest BCUT2D eigenvalue weighted by atomic mass is 16.6. The van der Waals surface area contributed by atoms with Crippen LogP contribution >= 0.6 is 0 Å². The molecule has 0 fully saturated rings. The summed E-state index contributed by atoms with van der Waals surface area (Å²) in [4.78, 5) is 11.9. The molecule has 2 aromatic heterocycles. The van der Waals surface area contributed by atoms with Gasteiger partial charge in [0.2, 0.25) is 11.5 Å². The number of anilines is 1. The van der Waals surface area contributed by atoms with Crippen molar-refractivity contribution in [2.45, 2.75) is 13.0 Å². The Morgan fingerprint density at radius 2 is 2.15 bits per heavy atom. The average molecular weight is 272 g/mol. The molecule has 0 radical (unpaired) electrons. The smallest absolute Gasteiger partial charge is 0.278 e. The van der Waals surface area contributed by atoms with Crippen LogP contribution < -0.4 is 11.1 Å². The Balaban J connectivity index is 1.80. The lowest BCUT2D eigenvalue weighted by Gasteiger charge is -2.09. The average Bonchev–Trinajstić information content (AvgIpc) is 3.04.